The standard InChI is InChI=1S/C14H27N/c1-6-11(2)15-13-9-7-12(8-10-13)14(3,4)5/h7,11,13,15H,6,8-10H2,1-5H3. The molecule has 0 radical (unpaired) electrons. The van der Waals surface area contributed by atoms with Crippen molar-refractivity contribution < 1.29 is 0 Å². The van der Waals surface area contributed by atoms with Crippen molar-refractivity contribution in [3.63, 3.8) is 0 Å². The van der Waals surface area contributed by atoms with Crippen LogP contribution in [0.25, 0.3) is 0 Å². The van der Waals surface area contributed by atoms with Crippen molar-refractivity contribution in [1.82, 2.24) is 5.32 Å². The van der Waals surface area contributed by atoms with Gasteiger partial charge in [0.05, 0.1) is 0 Å². The number of hydrogen-bond donors (Lipinski definition) is 1. The van der Waals surface area contributed by atoms with Gasteiger partial charge in [-0.3, -0.25) is 0 Å². The van der Waals surface area contributed by atoms with Gasteiger partial charge in [-0.1, -0.05) is 39.3 Å². The molecule has 1 nitrogen and oxygen atoms in total. The predicted molar refractivity (Wildman–Crippen MR) is 68.1 cm³/mol. The van der Waals surface area contributed by atoms with Crippen molar-refractivity contribution >= 4 is 0 Å². The minimum atomic E-state index is 0.376. The van der Waals surface area contributed by atoms with E-state index in [2.05, 4.69) is 46.0 Å². The fraction of sp³-hybridized carbons (Fsp3) is 0.857. The number of nitrogens with one attached hydrogen (secondary N) is 1. The van der Waals surface area contributed by atoms with Crippen molar-refractivity contribution in [2.24, 2.45) is 5.41 Å². The zero-order valence-electron chi connectivity index (χ0n) is 11.1. The van der Waals surface area contributed by atoms with Gasteiger partial charge in [0.15, 0.2) is 0 Å². The van der Waals surface area contributed by atoms with E-state index in [9.17, 15) is 0 Å². The molecule has 0 amide bonds. The monoisotopic (exact) mass is 209 g/mol. The highest BCUT2D eigenvalue weighted by Crippen LogP contribution is 2.33. The van der Waals surface area contributed by atoms with Crippen molar-refractivity contribution in [3.8, 4) is 0 Å². The van der Waals surface area contributed by atoms with Gasteiger partial charge >= 0.3 is 0 Å². The lowest BCUT2D eigenvalue weighted by molar-refractivity contribution is 0.378. The minimum absolute atomic E-state index is 0.376. The summed E-state index contributed by atoms with van der Waals surface area (Å²) in [6, 6.07) is 1.38. The molecule has 0 bridgehead atoms. The maximum absolute atomic E-state index is 3.70. The van der Waals surface area contributed by atoms with E-state index in [0.717, 1.165) is 0 Å². The molecule has 0 aromatic heterocycles. The summed E-state index contributed by atoms with van der Waals surface area (Å²) >= 11 is 0. The Bertz CT molecular complexity index is 222. The molecule has 15 heavy (non-hydrogen) atoms. The highest BCUT2D eigenvalue weighted by molar-refractivity contribution is 5.14. The predicted octanol–water partition coefficient (Wildman–Crippen LogP) is 3.90. The Morgan fingerprint density at radius 1 is 1.47 bits per heavy atom. The van der Waals surface area contributed by atoms with Crippen LogP contribution in [0.3, 0.4) is 0 Å². The van der Waals surface area contributed by atoms with E-state index < -0.39 is 0 Å². The maximum Gasteiger partial charge on any atom is 0.0107 e. The molecule has 0 fully saturated rings. The fourth-order valence-electron chi connectivity index (χ4n) is 2.19. The van der Waals surface area contributed by atoms with Gasteiger partial charge < -0.3 is 5.32 Å². The molecule has 2 atom stereocenters. The third kappa shape index (κ3) is 3.98. The number of hydrogen-bond acceptors (Lipinski definition) is 1. The van der Waals surface area contributed by atoms with Crippen LogP contribution in [0, 0.1) is 5.41 Å². The molecule has 0 aliphatic heterocycles. The van der Waals surface area contributed by atoms with E-state index in [1.54, 1.807) is 5.57 Å². The van der Waals surface area contributed by atoms with Gasteiger partial charge in [-0.25, -0.2) is 0 Å². The van der Waals surface area contributed by atoms with Crippen molar-refractivity contribution in [2.75, 3.05) is 0 Å². The van der Waals surface area contributed by atoms with E-state index in [4.69, 9.17) is 0 Å². The molecule has 1 aliphatic rings. The molecular weight excluding hydrogens is 182 g/mol. The molecule has 0 spiro atoms. The largest absolute Gasteiger partial charge is 0.311 e. The van der Waals surface area contributed by atoms with Crippen LogP contribution in [0.2, 0.25) is 0 Å². The van der Waals surface area contributed by atoms with E-state index in [0.29, 0.717) is 17.5 Å². The summed E-state index contributed by atoms with van der Waals surface area (Å²) in [5.74, 6) is 0. The van der Waals surface area contributed by atoms with Gasteiger partial charge in [0.1, 0.15) is 0 Å². The summed E-state index contributed by atoms with van der Waals surface area (Å²) in [4.78, 5) is 0. The van der Waals surface area contributed by atoms with Crippen molar-refractivity contribution in [1.29, 1.82) is 0 Å². The topological polar surface area (TPSA) is 12.0 Å². The molecule has 0 heterocycles. The Balaban J connectivity index is 2.44. The molecule has 2 unspecified atom stereocenters. The van der Waals surface area contributed by atoms with Gasteiger partial charge in [0.25, 0.3) is 0 Å². The second kappa shape index (κ2) is 5.16. The van der Waals surface area contributed by atoms with Crippen LogP contribution in [-0.4, -0.2) is 12.1 Å². The summed E-state index contributed by atoms with van der Waals surface area (Å²) in [5, 5.41) is 3.70. The Morgan fingerprint density at radius 3 is 2.53 bits per heavy atom. The van der Waals surface area contributed by atoms with Gasteiger partial charge in [-0.15, -0.1) is 0 Å². The maximum atomic E-state index is 3.70. The van der Waals surface area contributed by atoms with Crippen molar-refractivity contribution in [3.05, 3.63) is 11.6 Å². The molecule has 88 valence electrons. The van der Waals surface area contributed by atoms with Crippen LogP contribution in [0.1, 0.15) is 60.3 Å². The second-order valence-electron chi connectivity index (χ2n) is 5.93. The Labute approximate surface area is 95.3 Å². The van der Waals surface area contributed by atoms with Gasteiger partial charge in [0, 0.05) is 12.1 Å². The Morgan fingerprint density at radius 2 is 2.13 bits per heavy atom. The van der Waals surface area contributed by atoms with Crippen molar-refractivity contribution in [2.45, 2.75) is 72.4 Å². The molecule has 0 saturated carbocycles. The third-order valence-electron chi connectivity index (χ3n) is 3.51. The molecule has 1 aliphatic carbocycles. The third-order valence-corrected chi connectivity index (χ3v) is 3.51. The van der Waals surface area contributed by atoms with Gasteiger partial charge in [0.2, 0.25) is 0 Å². The average Bonchev–Trinajstić information content (AvgIpc) is 2.17. The lowest BCUT2D eigenvalue weighted by Gasteiger charge is -2.31. The van der Waals surface area contributed by atoms with Gasteiger partial charge in [-0.2, -0.15) is 0 Å². The first-order chi connectivity index (χ1) is 6.93. The highest BCUT2D eigenvalue weighted by atomic mass is 14.9. The average molecular weight is 209 g/mol. The smallest absolute Gasteiger partial charge is 0.0107 e. The molecule has 1 N–H and O–H groups in total. The van der Waals surface area contributed by atoms with Crippen LogP contribution in [0.4, 0.5) is 0 Å². The molecule has 0 saturated heterocycles. The van der Waals surface area contributed by atoms with Crippen LogP contribution in [0.15, 0.2) is 11.6 Å². The van der Waals surface area contributed by atoms with Crippen LogP contribution in [0.5, 0.6) is 0 Å². The zero-order valence-corrected chi connectivity index (χ0v) is 11.1. The lowest BCUT2D eigenvalue weighted by Crippen LogP contribution is -2.37. The minimum Gasteiger partial charge on any atom is -0.311 e. The number of allylic oxidation sites excluding steroid dienone is 1. The SMILES string of the molecule is CCC(C)NC1CC=C(C(C)(C)C)CC1. The van der Waals surface area contributed by atoms with E-state index in [1.807, 2.05) is 0 Å². The van der Waals surface area contributed by atoms with Crippen LogP contribution < -0.4 is 5.32 Å². The molecule has 1 heteroatoms. The normalized spacial score (nSPS) is 24.9. The second-order valence-corrected chi connectivity index (χ2v) is 5.93. The first-order valence-electron chi connectivity index (χ1n) is 6.39. The summed E-state index contributed by atoms with van der Waals surface area (Å²) in [5.41, 5.74) is 2.02. The molecule has 1 rings (SSSR count). The van der Waals surface area contributed by atoms with Crippen LogP contribution in [-0.2, 0) is 0 Å². The van der Waals surface area contributed by atoms with E-state index in [1.165, 1.54) is 25.7 Å². The highest BCUT2D eigenvalue weighted by Gasteiger charge is 2.22. The quantitative estimate of drug-likeness (QED) is 0.695. The lowest BCUT2D eigenvalue weighted by atomic mass is 9.79. The fourth-order valence-corrected chi connectivity index (χ4v) is 2.19. The molecular formula is C14H27N. The summed E-state index contributed by atoms with van der Waals surface area (Å²) in [6.07, 6.45) is 7.50. The Kier molecular flexibility index (Phi) is 4.39. The van der Waals surface area contributed by atoms with Gasteiger partial charge in [-0.05, 0) is 38.0 Å². The first-order valence-corrected chi connectivity index (χ1v) is 6.39. The summed E-state index contributed by atoms with van der Waals surface area (Å²) in [6.45, 7) is 11.5. The zero-order chi connectivity index (χ0) is 11.5. The molecule has 0 aromatic carbocycles. The number of rotatable bonds is 3. The Hall–Kier alpha value is -0.300. The summed E-state index contributed by atoms with van der Waals surface area (Å²) < 4.78 is 0. The van der Waals surface area contributed by atoms with E-state index in [-0.39, 0.29) is 0 Å². The van der Waals surface area contributed by atoms with E-state index >= 15 is 0 Å². The van der Waals surface area contributed by atoms with Crippen LogP contribution >= 0.6 is 0 Å². The summed E-state index contributed by atoms with van der Waals surface area (Å²) in [7, 11) is 0. The first kappa shape index (κ1) is 12.8. The molecule has 0 aromatic rings.